The molecule has 0 spiro atoms. The van der Waals surface area contributed by atoms with Crippen molar-refractivity contribution in [2.45, 2.75) is 29.5 Å². The summed E-state index contributed by atoms with van der Waals surface area (Å²) in [6, 6.07) is 11.0. The second-order valence-corrected chi connectivity index (χ2v) is 8.55. The van der Waals surface area contributed by atoms with Crippen molar-refractivity contribution < 1.29 is 27.8 Å². The van der Waals surface area contributed by atoms with Crippen LogP contribution in [0.5, 0.6) is 5.75 Å². The zero-order chi connectivity index (χ0) is 22.1. The molecule has 2 aromatic rings. The number of anilines is 1. The predicted octanol–water partition coefficient (Wildman–Crippen LogP) is 4.00. The second kappa shape index (κ2) is 8.87. The van der Waals surface area contributed by atoms with E-state index in [1.807, 2.05) is 44.1 Å². The summed E-state index contributed by atoms with van der Waals surface area (Å²) in [5.74, 6) is -0.790. The van der Waals surface area contributed by atoms with E-state index in [1.54, 1.807) is 4.90 Å². The van der Waals surface area contributed by atoms with Gasteiger partial charge in [-0.2, -0.15) is 0 Å². The van der Waals surface area contributed by atoms with Crippen molar-refractivity contribution in [1.82, 2.24) is 4.90 Å². The van der Waals surface area contributed by atoms with Crippen LogP contribution in [0, 0.1) is 6.92 Å². The summed E-state index contributed by atoms with van der Waals surface area (Å²) >= 11 is 1.32. The molecular weight excluding hydrogens is 417 g/mol. The molecule has 0 radical (unpaired) electrons. The molecule has 1 heterocycles. The lowest BCUT2D eigenvalue weighted by Gasteiger charge is -2.26. The number of nitrogens with zero attached hydrogens (tertiary/aromatic N) is 2. The Morgan fingerprint density at radius 3 is 2.43 bits per heavy atom. The quantitative estimate of drug-likeness (QED) is 0.762. The number of aryl methyl sites for hydroxylation is 1. The number of halogens is 3. The number of rotatable bonds is 5. The number of amides is 1. The van der Waals surface area contributed by atoms with Crippen molar-refractivity contribution in [3.8, 4) is 5.75 Å². The molecule has 0 unspecified atom stereocenters. The van der Waals surface area contributed by atoms with Gasteiger partial charge in [-0.25, -0.2) is 0 Å². The van der Waals surface area contributed by atoms with Crippen molar-refractivity contribution in [2.75, 3.05) is 32.1 Å². The number of likely N-dealkylation sites (N-methyl/N-ethyl adjacent to an activating group) is 1. The Morgan fingerprint density at radius 2 is 1.83 bits per heavy atom. The molecule has 5 nitrogen and oxygen atoms in total. The Morgan fingerprint density at radius 1 is 1.17 bits per heavy atom. The summed E-state index contributed by atoms with van der Waals surface area (Å²) < 4.78 is 41.2. The maximum atomic E-state index is 13.1. The van der Waals surface area contributed by atoms with Crippen molar-refractivity contribution in [2.24, 2.45) is 0 Å². The number of ether oxygens (including phenoxy) is 1. The van der Waals surface area contributed by atoms with Gasteiger partial charge in [0.05, 0.1) is 10.9 Å². The maximum absolute atomic E-state index is 13.1. The number of carbonyl (C=O) groups excluding carboxylic acids is 1. The minimum Gasteiger partial charge on any atom is -0.406 e. The molecule has 30 heavy (non-hydrogen) atoms. The molecule has 1 amide bonds. The third-order valence-corrected chi connectivity index (χ3v) is 6.04. The molecule has 2 aromatic carbocycles. The minimum atomic E-state index is -4.78. The number of hydrogen-bond acceptors (Lipinski definition) is 5. The lowest BCUT2D eigenvalue weighted by Crippen LogP contribution is -2.43. The van der Waals surface area contributed by atoms with Gasteiger partial charge >= 0.3 is 6.36 Å². The van der Waals surface area contributed by atoms with Gasteiger partial charge in [0.15, 0.2) is 0 Å². The molecule has 0 bridgehead atoms. The fourth-order valence-electron chi connectivity index (χ4n) is 3.19. The fraction of sp³-hybridized carbons (Fsp3) is 0.381. The van der Waals surface area contributed by atoms with E-state index in [9.17, 15) is 23.1 Å². The molecular formula is C21H23F3N2O3S. The molecule has 0 fully saturated rings. The fourth-order valence-corrected chi connectivity index (χ4v) is 4.55. The van der Waals surface area contributed by atoms with Gasteiger partial charge in [-0.3, -0.25) is 4.79 Å². The van der Waals surface area contributed by atoms with E-state index in [-0.39, 0.29) is 5.75 Å². The van der Waals surface area contributed by atoms with E-state index in [2.05, 4.69) is 4.74 Å². The zero-order valence-corrected chi connectivity index (χ0v) is 17.6. The largest absolute Gasteiger partial charge is 0.573 e. The average Bonchev–Trinajstić information content (AvgIpc) is 2.75. The SMILES string of the molecule is Cc1ccc2c(c1)S[C@H](c1ccc(OC(F)(F)F)cc1)[C@H](O)C(=O)N2CCN(C)C. The number of hydrogen-bond donors (Lipinski definition) is 1. The van der Waals surface area contributed by atoms with Crippen LogP contribution in [0.25, 0.3) is 0 Å². The van der Waals surface area contributed by atoms with Gasteiger partial charge in [0, 0.05) is 18.0 Å². The number of fused-ring (bicyclic) bond motifs is 1. The van der Waals surface area contributed by atoms with Crippen molar-refractivity contribution in [3.63, 3.8) is 0 Å². The summed E-state index contributed by atoms with van der Waals surface area (Å²) in [6.45, 7) is 2.96. The summed E-state index contributed by atoms with van der Waals surface area (Å²) in [4.78, 5) is 17.5. The number of aliphatic hydroxyl groups is 1. The van der Waals surface area contributed by atoms with Crippen LogP contribution < -0.4 is 9.64 Å². The molecule has 162 valence electrons. The standard InChI is InChI=1S/C21H23F3N2O3S/c1-13-4-9-16-17(12-13)30-19(18(27)20(28)26(16)11-10-25(2)3)14-5-7-15(8-6-14)29-21(22,23)24/h4-9,12,18-19,27H,10-11H2,1-3H3/t18-,19+/m0/s1. The van der Waals surface area contributed by atoms with Gasteiger partial charge in [0.25, 0.3) is 5.91 Å². The van der Waals surface area contributed by atoms with Crippen LogP contribution >= 0.6 is 11.8 Å². The Kier molecular flexibility index (Phi) is 6.64. The summed E-state index contributed by atoms with van der Waals surface area (Å²) in [5, 5.41) is 10.2. The third-order valence-electron chi connectivity index (χ3n) is 4.68. The van der Waals surface area contributed by atoms with Gasteiger partial charge in [-0.05, 0) is 56.4 Å². The molecule has 0 aromatic heterocycles. The third kappa shape index (κ3) is 5.27. The highest BCUT2D eigenvalue weighted by Gasteiger charge is 2.37. The zero-order valence-electron chi connectivity index (χ0n) is 16.8. The van der Waals surface area contributed by atoms with Crippen LogP contribution in [0.3, 0.4) is 0 Å². The van der Waals surface area contributed by atoms with Gasteiger partial charge < -0.3 is 19.6 Å². The van der Waals surface area contributed by atoms with E-state index in [1.165, 1.54) is 36.0 Å². The number of aliphatic hydroxyl groups excluding tert-OH is 1. The van der Waals surface area contributed by atoms with E-state index in [4.69, 9.17) is 0 Å². The van der Waals surface area contributed by atoms with E-state index < -0.39 is 23.6 Å². The lowest BCUT2D eigenvalue weighted by molar-refractivity contribution is -0.274. The Hall–Kier alpha value is -2.23. The van der Waals surface area contributed by atoms with E-state index in [0.29, 0.717) is 18.7 Å². The number of alkyl halides is 3. The topological polar surface area (TPSA) is 53.0 Å². The highest BCUT2D eigenvalue weighted by atomic mass is 32.2. The number of carbonyl (C=O) groups is 1. The molecule has 1 aliphatic rings. The van der Waals surface area contributed by atoms with Crippen LogP contribution in [-0.2, 0) is 4.79 Å². The molecule has 9 heteroatoms. The van der Waals surface area contributed by atoms with Crippen LogP contribution in [0.1, 0.15) is 16.4 Å². The Balaban J connectivity index is 1.95. The highest BCUT2D eigenvalue weighted by Crippen LogP contribution is 2.46. The Labute approximate surface area is 177 Å². The normalized spacial score (nSPS) is 19.6. The van der Waals surface area contributed by atoms with Crippen LogP contribution in [0.2, 0.25) is 0 Å². The molecule has 0 saturated carbocycles. The molecule has 2 atom stereocenters. The smallest absolute Gasteiger partial charge is 0.406 e. The lowest BCUT2D eigenvalue weighted by atomic mass is 10.1. The van der Waals surface area contributed by atoms with Gasteiger partial charge in [0.1, 0.15) is 11.9 Å². The molecule has 1 N–H and O–H groups in total. The van der Waals surface area contributed by atoms with Gasteiger partial charge in [-0.1, -0.05) is 18.2 Å². The molecule has 0 aliphatic carbocycles. The first-order chi connectivity index (χ1) is 14.0. The van der Waals surface area contributed by atoms with Gasteiger partial charge in [-0.15, -0.1) is 24.9 Å². The first-order valence-electron chi connectivity index (χ1n) is 9.32. The highest BCUT2D eigenvalue weighted by molar-refractivity contribution is 7.99. The summed E-state index contributed by atoms with van der Waals surface area (Å²) in [7, 11) is 3.80. The molecule has 0 saturated heterocycles. The Bertz CT molecular complexity index is 903. The van der Waals surface area contributed by atoms with Crippen molar-refractivity contribution >= 4 is 23.4 Å². The first-order valence-corrected chi connectivity index (χ1v) is 10.2. The van der Waals surface area contributed by atoms with E-state index >= 15 is 0 Å². The first kappa shape index (κ1) is 22.5. The summed E-state index contributed by atoms with van der Waals surface area (Å²) in [5.41, 5.74) is 2.26. The average molecular weight is 440 g/mol. The maximum Gasteiger partial charge on any atom is 0.573 e. The van der Waals surface area contributed by atoms with Crippen LogP contribution in [0.15, 0.2) is 47.4 Å². The number of benzene rings is 2. The van der Waals surface area contributed by atoms with E-state index in [0.717, 1.165) is 16.1 Å². The van der Waals surface area contributed by atoms with Crippen LogP contribution in [-0.4, -0.2) is 55.6 Å². The molecule has 1 aliphatic heterocycles. The van der Waals surface area contributed by atoms with Crippen molar-refractivity contribution in [3.05, 3.63) is 53.6 Å². The van der Waals surface area contributed by atoms with Crippen molar-refractivity contribution in [1.29, 1.82) is 0 Å². The monoisotopic (exact) mass is 440 g/mol. The second-order valence-electron chi connectivity index (χ2n) is 7.36. The number of thioether (sulfide) groups is 1. The summed E-state index contributed by atoms with van der Waals surface area (Å²) in [6.07, 6.45) is -6.13. The predicted molar refractivity (Wildman–Crippen MR) is 110 cm³/mol. The molecule has 3 rings (SSSR count). The minimum absolute atomic E-state index is 0.352. The van der Waals surface area contributed by atoms with Gasteiger partial charge in [0.2, 0.25) is 0 Å². The van der Waals surface area contributed by atoms with Crippen LogP contribution in [0.4, 0.5) is 18.9 Å².